The van der Waals surface area contributed by atoms with Crippen LogP contribution in [0, 0.1) is 11.3 Å². The van der Waals surface area contributed by atoms with E-state index in [4.69, 9.17) is 4.74 Å². The van der Waals surface area contributed by atoms with E-state index in [0.29, 0.717) is 6.61 Å². The molecule has 1 fully saturated rings. The van der Waals surface area contributed by atoms with Crippen LogP contribution in [0.1, 0.15) is 39.2 Å². The first-order valence-corrected chi connectivity index (χ1v) is 6.91. The zero-order valence-corrected chi connectivity index (χ0v) is 12.0. The third-order valence-corrected chi connectivity index (χ3v) is 3.83. The maximum atomic E-state index is 9.69. The highest BCUT2D eigenvalue weighted by Crippen LogP contribution is 2.38. The van der Waals surface area contributed by atoms with E-state index in [1.54, 1.807) is 0 Å². The Morgan fingerprint density at radius 2 is 2.00 bits per heavy atom. The molecule has 0 saturated carbocycles. The summed E-state index contributed by atoms with van der Waals surface area (Å²) in [5.41, 5.74) is 0.736. The molecule has 2 rings (SSSR count). The molecule has 3 nitrogen and oxygen atoms in total. The fourth-order valence-corrected chi connectivity index (χ4v) is 2.96. The molecule has 1 atom stereocenters. The van der Waals surface area contributed by atoms with Gasteiger partial charge in [-0.15, -0.1) is 0 Å². The van der Waals surface area contributed by atoms with Gasteiger partial charge < -0.3 is 10.1 Å². The highest BCUT2D eigenvalue weighted by molar-refractivity contribution is 5.38. The van der Waals surface area contributed by atoms with Crippen LogP contribution in [-0.2, 0) is 5.41 Å². The zero-order valence-electron chi connectivity index (χ0n) is 12.0. The molecule has 102 valence electrons. The van der Waals surface area contributed by atoms with Crippen LogP contribution >= 0.6 is 0 Å². The lowest BCUT2D eigenvalue weighted by Crippen LogP contribution is -2.52. The Bertz CT molecular complexity index is 473. The monoisotopic (exact) mass is 258 g/mol. The average Bonchev–Trinajstić information content (AvgIpc) is 2.38. The van der Waals surface area contributed by atoms with Crippen LogP contribution in [0.2, 0.25) is 0 Å². The summed E-state index contributed by atoms with van der Waals surface area (Å²) in [6.45, 7) is 7.84. The lowest BCUT2D eigenvalue weighted by molar-refractivity contribution is 0.233. The van der Waals surface area contributed by atoms with E-state index in [9.17, 15) is 5.26 Å². The van der Waals surface area contributed by atoms with Crippen molar-refractivity contribution in [1.82, 2.24) is 5.32 Å². The van der Waals surface area contributed by atoms with Crippen LogP contribution in [-0.4, -0.2) is 18.7 Å². The minimum absolute atomic E-state index is 0.00652. The lowest BCUT2D eigenvalue weighted by atomic mass is 9.68. The second-order valence-corrected chi connectivity index (χ2v) is 5.89. The molecule has 0 radical (unpaired) electrons. The molecule has 1 N–H and O–H groups in total. The summed E-state index contributed by atoms with van der Waals surface area (Å²) in [7, 11) is 0. The van der Waals surface area contributed by atoms with E-state index in [2.05, 4.69) is 25.2 Å². The van der Waals surface area contributed by atoms with Gasteiger partial charge in [0.15, 0.2) is 0 Å². The van der Waals surface area contributed by atoms with Gasteiger partial charge in [-0.05, 0) is 57.9 Å². The summed E-state index contributed by atoms with van der Waals surface area (Å²) in [5.74, 6) is 0.868. The number of rotatable bonds is 3. The van der Waals surface area contributed by atoms with Gasteiger partial charge in [0.1, 0.15) is 5.75 Å². The molecule has 0 aromatic heterocycles. The maximum Gasteiger partial charge on any atom is 0.119 e. The summed E-state index contributed by atoms with van der Waals surface area (Å²) in [4.78, 5) is 0. The quantitative estimate of drug-likeness (QED) is 0.906. The molecule has 1 aliphatic heterocycles. The SMILES string of the molecule is CCOc1ccc(C2(C#N)CCNC(C)(C)C2)cc1. The molecule has 1 aliphatic rings. The first kappa shape index (κ1) is 13.9. The van der Waals surface area contributed by atoms with Gasteiger partial charge in [-0.2, -0.15) is 5.26 Å². The summed E-state index contributed by atoms with van der Waals surface area (Å²) in [6.07, 6.45) is 1.70. The molecule has 19 heavy (non-hydrogen) atoms. The maximum absolute atomic E-state index is 9.69. The fraction of sp³-hybridized carbons (Fsp3) is 0.562. The van der Waals surface area contributed by atoms with Crippen LogP contribution in [0.5, 0.6) is 5.75 Å². The van der Waals surface area contributed by atoms with Crippen molar-refractivity contribution in [1.29, 1.82) is 5.26 Å². The minimum Gasteiger partial charge on any atom is -0.494 e. The Hall–Kier alpha value is -1.53. The van der Waals surface area contributed by atoms with Gasteiger partial charge in [-0.3, -0.25) is 0 Å². The highest BCUT2D eigenvalue weighted by Gasteiger charge is 2.41. The van der Waals surface area contributed by atoms with E-state index in [-0.39, 0.29) is 11.0 Å². The van der Waals surface area contributed by atoms with Crippen molar-refractivity contribution in [2.75, 3.05) is 13.2 Å². The van der Waals surface area contributed by atoms with Crippen molar-refractivity contribution in [2.24, 2.45) is 0 Å². The van der Waals surface area contributed by atoms with E-state index < -0.39 is 0 Å². The Morgan fingerprint density at radius 1 is 1.32 bits per heavy atom. The third kappa shape index (κ3) is 2.90. The molecule has 1 unspecified atom stereocenters. The standard InChI is InChI=1S/C16H22N2O/c1-4-19-14-7-5-13(6-8-14)16(12-17)9-10-18-15(2,3)11-16/h5-8,18H,4,9-11H2,1-3H3. The predicted molar refractivity (Wildman–Crippen MR) is 76.2 cm³/mol. The van der Waals surface area contributed by atoms with Gasteiger partial charge in [-0.1, -0.05) is 12.1 Å². The van der Waals surface area contributed by atoms with Crippen molar-refractivity contribution in [3.8, 4) is 11.8 Å². The number of nitriles is 1. The molecule has 1 heterocycles. The van der Waals surface area contributed by atoms with Crippen LogP contribution < -0.4 is 10.1 Å². The third-order valence-electron chi connectivity index (χ3n) is 3.83. The number of ether oxygens (including phenoxy) is 1. The Morgan fingerprint density at radius 3 is 2.53 bits per heavy atom. The van der Waals surface area contributed by atoms with Gasteiger partial charge in [-0.25, -0.2) is 0 Å². The van der Waals surface area contributed by atoms with Gasteiger partial charge >= 0.3 is 0 Å². The molecule has 0 spiro atoms. The van der Waals surface area contributed by atoms with E-state index in [1.807, 2.05) is 31.2 Å². The number of piperidine rings is 1. The topological polar surface area (TPSA) is 45.0 Å². The average molecular weight is 258 g/mol. The molecule has 3 heteroatoms. The number of hydrogen-bond donors (Lipinski definition) is 1. The molecule has 0 aliphatic carbocycles. The molecular formula is C16H22N2O. The Balaban J connectivity index is 2.28. The van der Waals surface area contributed by atoms with Gasteiger partial charge in [0.2, 0.25) is 0 Å². The smallest absolute Gasteiger partial charge is 0.119 e. The first-order valence-electron chi connectivity index (χ1n) is 6.91. The lowest BCUT2D eigenvalue weighted by Gasteiger charge is -2.42. The van der Waals surface area contributed by atoms with Crippen molar-refractivity contribution in [3.63, 3.8) is 0 Å². The second kappa shape index (κ2) is 5.22. The molecule has 1 saturated heterocycles. The summed E-state index contributed by atoms with van der Waals surface area (Å²) >= 11 is 0. The minimum atomic E-state index is -0.376. The number of benzene rings is 1. The van der Waals surface area contributed by atoms with Crippen molar-refractivity contribution in [2.45, 2.75) is 44.6 Å². The zero-order chi connectivity index (χ0) is 13.9. The van der Waals surface area contributed by atoms with Crippen molar-refractivity contribution in [3.05, 3.63) is 29.8 Å². The summed E-state index contributed by atoms with van der Waals surface area (Å²) < 4.78 is 5.46. The van der Waals surface area contributed by atoms with Gasteiger partial charge in [0, 0.05) is 5.54 Å². The highest BCUT2D eigenvalue weighted by atomic mass is 16.5. The summed E-state index contributed by atoms with van der Waals surface area (Å²) in [5, 5.41) is 13.2. The van der Waals surface area contributed by atoms with Crippen LogP contribution in [0.4, 0.5) is 0 Å². The number of nitrogens with one attached hydrogen (secondary N) is 1. The van der Waals surface area contributed by atoms with Crippen LogP contribution in [0.3, 0.4) is 0 Å². The first-order chi connectivity index (χ1) is 9.01. The molecular weight excluding hydrogens is 236 g/mol. The number of nitrogens with zero attached hydrogens (tertiary/aromatic N) is 1. The molecule has 1 aromatic rings. The summed E-state index contributed by atoms with van der Waals surface area (Å²) in [6, 6.07) is 10.6. The van der Waals surface area contributed by atoms with Gasteiger partial charge in [0.05, 0.1) is 18.1 Å². The van der Waals surface area contributed by atoms with E-state index >= 15 is 0 Å². The van der Waals surface area contributed by atoms with E-state index in [1.165, 1.54) is 0 Å². The van der Waals surface area contributed by atoms with Crippen LogP contribution in [0.15, 0.2) is 24.3 Å². The normalized spacial score (nSPS) is 25.6. The number of hydrogen-bond acceptors (Lipinski definition) is 3. The molecule has 0 bridgehead atoms. The Kier molecular flexibility index (Phi) is 3.82. The van der Waals surface area contributed by atoms with Gasteiger partial charge in [0.25, 0.3) is 0 Å². The molecule has 1 aromatic carbocycles. The van der Waals surface area contributed by atoms with Crippen LogP contribution in [0.25, 0.3) is 0 Å². The predicted octanol–water partition coefficient (Wildman–Crippen LogP) is 3.01. The molecule has 0 amide bonds. The van der Waals surface area contributed by atoms with Crippen molar-refractivity contribution >= 4 is 0 Å². The largest absolute Gasteiger partial charge is 0.494 e. The van der Waals surface area contributed by atoms with E-state index in [0.717, 1.165) is 30.7 Å². The fourth-order valence-electron chi connectivity index (χ4n) is 2.96. The Labute approximate surface area is 115 Å². The second-order valence-electron chi connectivity index (χ2n) is 5.89. The van der Waals surface area contributed by atoms with Crippen molar-refractivity contribution < 1.29 is 4.74 Å².